The first-order valence-corrected chi connectivity index (χ1v) is 11.4. The van der Waals surface area contributed by atoms with Crippen LogP contribution in [0.4, 0.5) is 15.3 Å². The summed E-state index contributed by atoms with van der Waals surface area (Å²) in [5.74, 6) is -1.44. The van der Waals surface area contributed by atoms with Gasteiger partial charge in [0.15, 0.2) is 0 Å². The molecule has 2 heterocycles. The zero-order valence-corrected chi connectivity index (χ0v) is 21.0. The van der Waals surface area contributed by atoms with Gasteiger partial charge in [-0.1, -0.05) is 6.07 Å². The van der Waals surface area contributed by atoms with Crippen molar-refractivity contribution in [1.82, 2.24) is 4.90 Å². The van der Waals surface area contributed by atoms with Crippen LogP contribution in [0.5, 0.6) is 0 Å². The Bertz CT molecular complexity index is 1140. The van der Waals surface area contributed by atoms with Crippen molar-refractivity contribution in [2.75, 3.05) is 11.9 Å². The highest BCUT2D eigenvalue weighted by Gasteiger charge is 2.37. The van der Waals surface area contributed by atoms with Crippen molar-refractivity contribution in [3.05, 3.63) is 39.6 Å². The minimum atomic E-state index is -1.11. The fourth-order valence-electron chi connectivity index (χ4n) is 3.43. The van der Waals surface area contributed by atoms with E-state index in [0.717, 1.165) is 16.2 Å². The highest BCUT2D eigenvalue weighted by atomic mass is 32.1. The molecule has 34 heavy (non-hydrogen) atoms. The van der Waals surface area contributed by atoms with Gasteiger partial charge in [0.25, 0.3) is 5.91 Å². The number of carbonyl (C=O) groups excluding carboxylic acids is 3. The third-order valence-corrected chi connectivity index (χ3v) is 5.79. The molecule has 1 aliphatic heterocycles. The van der Waals surface area contributed by atoms with E-state index in [1.54, 1.807) is 60.7 Å². The standard InChI is InChI=1S/C24H28N2O7S/c1-23(2,3)32-21(30)26(22(31)33-24(4,5)6)15-10-8-9-13-18(15)14-11-16(20(28)29)34-17(14)12-25(7)19(13)27/h8-11H,12H2,1-7H3,(H,28,29). The number of nitrogens with zero attached hydrogens (tertiary/aromatic N) is 2. The molecule has 1 aliphatic rings. The normalized spacial score (nSPS) is 13.5. The molecular weight excluding hydrogens is 460 g/mol. The molecule has 0 saturated carbocycles. The fourth-order valence-corrected chi connectivity index (χ4v) is 4.49. The zero-order chi connectivity index (χ0) is 25.6. The van der Waals surface area contributed by atoms with Crippen LogP contribution in [0.1, 0.15) is 66.4 Å². The molecule has 0 radical (unpaired) electrons. The van der Waals surface area contributed by atoms with Crippen LogP contribution in [0, 0.1) is 0 Å². The maximum Gasteiger partial charge on any atom is 0.424 e. The average molecular weight is 489 g/mol. The van der Waals surface area contributed by atoms with Gasteiger partial charge in [-0.2, -0.15) is 4.90 Å². The Morgan fingerprint density at radius 2 is 1.56 bits per heavy atom. The monoisotopic (exact) mass is 488 g/mol. The van der Waals surface area contributed by atoms with Crippen LogP contribution in [-0.4, -0.2) is 52.3 Å². The van der Waals surface area contributed by atoms with E-state index >= 15 is 0 Å². The Morgan fingerprint density at radius 1 is 1.00 bits per heavy atom. The number of aromatic carboxylic acids is 1. The number of carboxylic acid groups (broad SMARTS) is 1. The molecule has 3 amide bonds. The fraction of sp³-hybridized carbons (Fsp3) is 0.417. The van der Waals surface area contributed by atoms with Crippen molar-refractivity contribution in [1.29, 1.82) is 0 Å². The van der Waals surface area contributed by atoms with E-state index in [1.807, 2.05) is 0 Å². The summed E-state index contributed by atoms with van der Waals surface area (Å²) in [5, 5.41) is 9.55. The second kappa shape index (κ2) is 8.75. The molecular formula is C24H28N2O7S. The lowest BCUT2D eigenvalue weighted by Crippen LogP contribution is -2.44. The molecule has 0 saturated heterocycles. The third kappa shape index (κ3) is 5.22. The number of benzene rings is 1. The number of anilines is 1. The van der Waals surface area contributed by atoms with Crippen LogP contribution in [0.25, 0.3) is 11.1 Å². The van der Waals surface area contributed by atoms with E-state index < -0.39 is 29.4 Å². The molecule has 10 heteroatoms. The lowest BCUT2D eigenvalue weighted by Gasteiger charge is -2.30. The Hall–Kier alpha value is -3.40. The van der Waals surface area contributed by atoms with Crippen LogP contribution >= 0.6 is 11.3 Å². The van der Waals surface area contributed by atoms with Crippen molar-refractivity contribution in [2.45, 2.75) is 59.3 Å². The number of ether oxygens (including phenoxy) is 2. The van der Waals surface area contributed by atoms with Crippen LogP contribution < -0.4 is 4.90 Å². The number of imide groups is 1. The van der Waals surface area contributed by atoms with Gasteiger partial charge in [-0.3, -0.25) is 4.79 Å². The molecule has 0 spiro atoms. The van der Waals surface area contributed by atoms with Gasteiger partial charge in [0, 0.05) is 28.6 Å². The summed E-state index contributed by atoms with van der Waals surface area (Å²) in [6.07, 6.45) is -1.95. The van der Waals surface area contributed by atoms with E-state index in [-0.39, 0.29) is 34.1 Å². The summed E-state index contributed by atoms with van der Waals surface area (Å²) in [4.78, 5) is 54.2. The summed E-state index contributed by atoms with van der Waals surface area (Å²) in [5.41, 5.74) is -0.798. The number of fused-ring (bicyclic) bond motifs is 3. The van der Waals surface area contributed by atoms with Crippen molar-refractivity contribution in [3.63, 3.8) is 0 Å². The Balaban J connectivity index is 2.30. The van der Waals surface area contributed by atoms with Gasteiger partial charge < -0.3 is 19.5 Å². The number of rotatable bonds is 2. The zero-order valence-electron chi connectivity index (χ0n) is 20.2. The number of carbonyl (C=O) groups is 4. The summed E-state index contributed by atoms with van der Waals surface area (Å²) >= 11 is 1.04. The second-order valence-corrected chi connectivity index (χ2v) is 11.0. The first kappa shape index (κ1) is 25.2. The molecule has 182 valence electrons. The average Bonchev–Trinajstić information content (AvgIpc) is 3.04. The quantitative estimate of drug-likeness (QED) is 0.604. The minimum absolute atomic E-state index is 0.0700. The molecule has 0 fully saturated rings. The van der Waals surface area contributed by atoms with Gasteiger partial charge in [0.1, 0.15) is 16.1 Å². The van der Waals surface area contributed by atoms with E-state index in [2.05, 4.69) is 0 Å². The lowest BCUT2D eigenvalue weighted by molar-refractivity contribution is 0.0429. The van der Waals surface area contributed by atoms with Gasteiger partial charge in [-0.05, 0) is 59.7 Å². The van der Waals surface area contributed by atoms with Crippen molar-refractivity contribution in [3.8, 4) is 11.1 Å². The van der Waals surface area contributed by atoms with Gasteiger partial charge >= 0.3 is 18.2 Å². The lowest BCUT2D eigenvalue weighted by atomic mass is 9.97. The topological polar surface area (TPSA) is 113 Å². The van der Waals surface area contributed by atoms with Crippen LogP contribution in [0.15, 0.2) is 24.3 Å². The molecule has 0 unspecified atom stereocenters. The molecule has 3 rings (SSSR count). The molecule has 2 aromatic rings. The number of thiophene rings is 1. The molecule has 0 bridgehead atoms. The number of amides is 3. The number of hydrogen-bond donors (Lipinski definition) is 1. The van der Waals surface area contributed by atoms with Gasteiger partial charge in [0.05, 0.1) is 12.2 Å². The van der Waals surface area contributed by atoms with Crippen molar-refractivity contribution < 1.29 is 33.8 Å². The Morgan fingerprint density at radius 3 is 2.06 bits per heavy atom. The van der Waals surface area contributed by atoms with Crippen LogP contribution in [0.3, 0.4) is 0 Å². The van der Waals surface area contributed by atoms with E-state index in [0.29, 0.717) is 10.4 Å². The summed E-state index contributed by atoms with van der Waals surface area (Å²) in [6, 6.07) is 6.09. The predicted octanol–water partition coefficient (Wildman–Crippen LogP) is 5.38. The largest absolute Gasteiger partial charge is 0.477 e. The van der Waals surface area contributed by atoms with Gasteiger partial charge in [-0.15, -0.1) is 11.3 Å². The van der Waals surface area contributed by atoms with Crippen molar-refractivity contribution >= 4 is 41.1 Å². The van der Waals surface area contributed by atoms with Gasteiger partial charge in [0.2, 0.25) is 0 Å². The van der Waals surface area contributed by atoms with Crippen LogP contribution in [0.2, 0.25) is 0 Å². The summed E-state index contributed by atoms with van der Waals surface area (Å²) < 4.78 is 11.0. The number of hydrogen-bond acceptors (Lipinski definition) is 7. The number of carboxylic acids is 1. The third-order valence-electron chi connectivity index (χ3n) is 4.68. The second-order valence-electron chi connectivity index (χ2n) is 9.91. The molecule has 9 nitrogen and oxygen atoms in total. The van der Waals surface area contributed by atoms with Crippen molar-refractivity contribution in [2.24, 2.45) is 0 Å². The molecule has 0 atom stereocenters. The predicted molar refractivity (Wildman–Crippen MR) is 127 cm³/mol. The maximum absolute atomic E-state index is 13.2. The molecule has 0 aliphatic carbocycles. The maximum atomic E-state index is 13.2. The van der Waals surface area contributed by atoms with Crippen LogP contribution in [-0.2, 0) is 16.0 Å². The molecule has 1 aromatic carbocycles. The SMILES string of the molecule is CN1Cc2sc(C(=O)O)cc2-c2c(cccc2N(C(=O)OC(C)(C)C)C(=O)OC(C)(C)C)C1=O. The van der Waals surface area contributed by atoms with E-state index in [9.17, 15) is 24.3 Å². The summed E-state index contributed by atoms with van der Waals surface area (Å²) in [6.45, 7) is 10.2. The summed E-state index contributed by atoms with van der Waals surface area (Å²) in [7, 11) is 1.60. The first-order chi connectivity index (χ1) is 15.6. The van der Waals surface area contributed by atoms with E-state index in [1.165, 1.54) is 17.0 Å². The van der Waals surface area contributed by atoms with Gasteiger partial charge in [-0.25, -0.2) is 14.4 Å². The van der Waals surface area contributed by atoms with E-state index in [4.69, 9.17) is 9.47 Å². The first-order valence-electron chi connectivity index (χ1n) is 10.6. The minimum Gasteiger partial charge on any atom is -0.477 e. The Labute approximate surface area is 201 Å². The Kier molecular flexibility index (Phi) is 6.49. The molecule has 1 N–H and O–H groups in total. The highest BCUT2D eigenvalue weighted by Crippen LogP contribution is 2.43. The smallest absolute Gasteiger partial charge is 0.424 e. The molecule has 1 aromatic heterocycles. The highest BCUT2D eigenvalue weighted by molar-refractivity contribution is 7.14.